The topological polar surface area (TPSA) is 63.6 Å². The van der Waals surface area contributed by atoms with Gasteiger partial charge >= 0.3 is 5.97 Å². The third-order valence-corrected chi connectivity index (χ3v) is 3.88. The molecule has 0 heterocycles. The van der Waals surface area contributed by atoms with E-state index in [1.165, 1.54) is 12.1 Å². The van der Waals surface area contributed by atoms with Crippen LogP contribution in [-0.4, -0.2) is 34.8 Å². The van der Waals surface area contributed by atoms with Crippen molar-refractivity contribution in [1.29, 1.82) is 0 Å². The summed E-state index contributed by atoms with van der Waals surface area (Å²) in [7, 11) is 0.355. The number of aromatic carboxylic acids is 1. The summed E-state index contributed by atoms with van der Waals surface area (Å²) in [4.78, 5) is 11.3. The molecule has 0 radical (unpaired) electrons. The van der Waals surface area contributed by atoms with Gasteiger partial charge in [0.05, 0.1) is 21.4 Å². The van der Waals surface area contributed by atoms with Crippen LogP contribution in [0, 0.1) is 0 Å². The molecule has 0 spiro atoms. The van der Waals surface area contributed by atoms with Gasteiger partial charge < -0.3 is 9.84 Å². The molecule has 0 saturated heterocycles. The second kappa shape index (κ2) is 6.74. The molecular weight excluding hydrogens is 264 g/mol. The van der Waals surface area contributed by atoms with Crippen molar-refractivity contribution in [2.45, 2.75) is 11.3 Å². The molecule has 1 rings (SSSR count). The summed E-state index contributed by atoms with van der Waals surface area (Å²) in [6, 6.07) is 4.39. The summed E-state index contributed by atoms with van der Waals surface area (Å²) >= 11 is 5.72. The van der Waals surface area contributed by atoms with Crippen LogP contribution in [0.5, 0.6) is 0 Å². The summed E-state index contributed by atoms with van der Waals surface area (Å²) in [5.41, 5.74) is -0.0238. The lowest BCUT2D eigenvalue weighted by molar-refractivity contribution is 0.0697. The van der Waals surface area contributed by atoms with Gasteiger partial charge in [-0.05, 0) is 24.6 Å². The molecule has 0 amide bonds. The van der Waals surface area contributed by atoms with Crippen molar-refractivity contribution < 1.29 is 18.8 Å². The van der Waals surface area contributed by atoms with Gasteiger partial charge in [0, 0.05) is 24.4 Å². The smallest absolute Gasteiger partial charge is 0.337 e. The predicted molar refractivity (Wildman–Crippen MR) is 66.2 cm³/mol. The van der Waals surface area contributed by atoms with E-state index in [-0.39, 0.29) is 10.6 Å². The quantitative estimate of drug-likeness (QED) is 0.809. The summed E-state index contributed by atoms with van der Waals surface area (Å²) in [6.07, 6.45) is 0.661. The molecule has 0 aromatic heterocycles. The van der Waals surface area contributed by atoms with E-state index >= 15 is 0 Å². The first-order valence-electron chi connectivity index (χ1n) is 4.96. The van der Waals surface area contributed by atoms with E-state index in [0.717, 1.165) is 0 Å². The van der Waals surface area contributed by atoms with E-state index in [1.54, 1.807) is 13.2 Å². The lowest BCUT2D eigenvalue weighted by atomic mass is 10.2. The fraction of sp³-hybridized carbons (Fsp3) is 0.364. The fourth-order valence-corrected chi connectivity index (χ4v) is 2.55. The second-order valence-electron chi connectivity index (χ2n) is 3.34. The Balaban J connectivity index is 2.81. The summed E-state index contributed by atoms with van der Waals surface area (Å²) in [5.74, 6) is -0.681. The average Bonchev–Trinajstić information content (AvgIpc) is 2.29. The molecule has 1 aromatic rings. The Morgan fingerprint density at radius 3 is 2.82 bits per heavy atom. The number of ether oxygens (including phenoxy) is 1. The minimum absolute atomic E-state index is 0.0238. The first kappa shape index (κ1) is 14.2. The van der Waals surface area contributed by atoms with Crippen LogP contribution < -0.4 is 0 Å². The van der Waals surface area contributed by atoms with Gasteiger partial charge in [-0.15, -0.1) is 0 Å². The number of halogens is 1. The monoisotopic (exact) mass is 276 g/mol. The van der Waals surface area contributed by atoms with Crippen molar-refractivity contribution in [2.24, 2.45) is 0 Å². The zero-order valence-corrected chi connectivity index (χ0v) is 10.9. The average molecular weight is 277 g/mol. The van der Waals surface area contributed by atoms with E-state index in [1.807, 2.05) is 0 Å². The van der Waals surface area contributed by atoms with Gasteiger partial charge in [-0.3, -0.25) is 4.21 Å². The molecule has 4 nitrogen and oxygen atoms in total. The third-order valence-electron chi connectivity index (χ3n) is 2.11. The van der Waals surface area contributed by atoms with Gasteiger partial charge in [-0.2, -0.15) is 0 Å². The van der Waals surface area contributed by atoms with Crippen LogP contribution in [0.25, 0.3) is 0 Å². The standard InChI is InChI=1S/C11H13ClO4S/c1-16-5-2-6-17(15)8-3-4-10(12)9(7-8)11(13)14/h3-4,7H,2,5-6H2,1H3,(H,13,14). The van der Waals surface area contributed by atoms with Crippen molar-refractivity contribution in [2.75, 3.05) is 19.5 Å². The number of hydrogen-bond donors (Lipinski definition) is 1. The van der Waals surface area contributed by atoms with Gasteiger partial charge in [0.1, 0.15) is 0 Å². The second-order valence-corrected chi connectivity index (χ2v) is 5.32. The molecule has 0 bridgehead atoms. The number of carbonyl (C=O) groups is 1. The molecule has 0 aliphatic rings. The maximum absolute atomic E-state index is 11.8. The Morgan fingerprint density at radius 1 is 1.53 bits per heavy atom. The normalized spacial score (nSPS) is 12.4. The van der Waals surface area contributed by atoms with E-state index in [9.17, 15) is 9.00 Å². The highest BCUT2D eigenvalue weighted by molar-refractivity contribution is 7.85. The Morgan fingerprint density at radius 2 is 2.24 bits per heavy atom. The zero-order valence-electron chi connectivity index (χ0n) is 9.31. The van der Waals surface area contributed by atoms with E-state index < -0.39 is 16.8 Å². The molecule has 6 heteroatoms. The molecule has 0 aliphatic carbocycles. The van der Waals surface area contributed by atoms with Crippen molar-refractivity contribution in [1.82, 2.24) is 0 Å². The van der Waals surface area contributed by atoms with Crippen molar-refractivity contribution in [3.8, 4) is 0 Å². The van der Waals surface area contributed by atoms with Crippen LogP contribution in [0.2, 0.25) is 5.02 Å². The minimum Gasteiger partial charge on any atom is -0.478 e. The molecule has 0 aliphatic heterocycles. The number of carboxylic acids is 1. The lowest BCUT2D eigenvalue weighted by Crippen LogP contribution is -2.04. The molecule has 1 aromatic carbocycles. The largest absolute Gasteiger partial charge is 0.478 e. The maximum Gasteiger partial charge on any atom is 0.337 e. The third kappa shape index (κ3) is 4.11. The van der Waals surface area contributed by atoms with E-state index in [2.05, 4.69) is 0 Å². The number of hydrogen-bond acceptors (Lipinski definition) is 3. The van der Waals surface area contributed by atoms with Crippen LogP contribution in [0.1, 0.15) is 16.8 Å². The Hall–Kier alpha value is -0.910. The van der Waals surface area contributed by atoms with Crippen molar-refractivity contribution >= 4 is 28.4 Å². The molecule has 1 atom stereocenters. The number of rotatable bonds is 6. The highest BCUT2D eigenvalue weighted by Crippen LogP contribution is 2.20. The Kier molecular flexibility index (Phi) is 5.61. The zero-order chi connectivity index (χ0) is 12.8. The van der Waals surface area contributed by atoms with Crippen LogP contribution in [-0.2, 0) is 15.5 Å². The maximum atomic E-state index is 11.8. The summed E-state index contributed by atoms with van der Waals surface area (Å²) in [6.45, 7) is 0.533. The van der Waals surface area contributed by atoms with Gasteiger partial charge in [-0.25, -0.2) is 4.79 Å². The lowest BCUT2D eigenvalue weighted by Gasteiger charge is -2.04. The Labute approximate surface area is 107 Å². The highest BCUT2D eigenvalue weighted by Gasteiger charge is 2.12. The highest BCUT2D eigenvalue weighted by atomic mass is 35.5. The predicted octanol–water partition coefficient (Wildman–Crippen LogP) is 2.18. The van der Waals surface area contributed by atoms with Crippen LogP contribution in [0.15, 0.2) is 23.1 Å². The molecule has 94 valence electrons. The van der Waals surface area contributed by atoms with Crippen LogP contribution in [0.3, 0.4) is 0 Å². The summed E-state index contributed by atoms with van der Waals surface area (Å²) < 4.78 is 16.7. The SMILES string of the molecule is COCCCS(=O)c1ccc(Cl)c(C(=O)O)c1. The molecule has 0 saturated carbocycles. The van der Waals surface area contributed by atoms with E-state index in [0.29, 0.717) is 23.7 Å². The molecule has 1 unspecified atom stereocenters. The first-order chi connectivity index (χ1) is 8.06. The first-order valence-corrected chi connectivity index (χ1v) is 6.66. The van der Waals surface area contributed by atoms with Crippen molar-refractivity contribution in [3.05, 3.63) is 28.8 Å². The van der Waals surface area contributed by atoms with Gasteiger partial charge in [0.15, 0.2) is 0 Å². The number of carboxylic acid groups (broad SMARTS) is 1. The molecule has 17 heavy (non-hydrogen) atoms. The molecule has 1 N–H and O–H groups in total. The van der Waals surface area contributed by atoms with Gasteiger partial charge in [0.25, 0.3) is 0 Å². The van der Waals surface area contributed by atoms with Crippen molar-refractivity contribution in [3.63, 3.8) is 0 Å². The van der Waals surface area contributed by atoms with Gasteiger partial charge in [0.2, 0.25) is 0 Å². The van der Waals surface area contributed by atoms with Crippen LogP contribution >= 0.6 is 11.6 Å². The number of benzene rings is 1. The fourth-order valence-electron chi connectivity index (χ4n) is 1.26. The van der Waals surface area contributed by atoms with Gasteiger partial charge in [-0.1, -0.05) is 11.6 Å². The van der Waals surface area contributed by atoms with E-state index in [4.69, 9.17) is 21.4 Å². The Bertz CT molecular complexity index is 433. The van der Waals surface area contributed by atoms with Crippen LogP contribution in [0.4, 0.5) is 0 Å². The molecular formula is C11H13ClO4S. The molecule has 0 fully saturated rings. The summed E-state index contributed by atoms with van der Waals surface area (Å²) in [5, 5.41) is 9.03. The minimum atomic E-state index is -1.22. The number of methoxy groups -OCH3 is 1.